The molecule has 0 unspecified atom stereocenters. The van der Waals surface area contributed by atoms with Crippen molar-refractivity contribution in [1.82, 2.24) is 10.6 Å². The van der Waals surface area contributed by atoms with Crippen LogP contribution in [-0.2, 0) is 9.59 Å². The van der Waals surface area contributed by atoms with Crippen LogP contribution in [0.15, 0.2) is 0 Å². The standard InChI is InChI=1S/C11H19N3O3/c12-9(15)6-7-10(16)14-11(17)13-8-4-2-1-3-5-8/h8H,1-7H2,(H2,12,15)(H2,13,14,16,17). The molecule has 4 amide bonds. The largest absolute Gasteiger partial charge is 0.370 e. The number of rotatable bonds is 4. The van der Waals surface area contributed by atoms with Gasteiger partial charge in [0.15, 0.2) is 0 Å². The van der Waals surface area contributed by atoms with Crippen LogP contribution >= 0.6 is 0 Å². The smallest absolute Gasteiger partial charge is 0.321 e. The molecule has 1 aliphatic carbocycles. The van der Waals surface area contributed by atoms with Crippen LogP contribution in [0.4, 0.5) is 4.79 Å². The highest BCUT2D eigenvalue weighted by Gasteiger charge is 2.16. The molecule has 1 rings (SSSR count). The average molecular weight is 241 g/mol. The van der Waals surface area contributed by atoms with Gasteiger partial charge in [0.05, 0.1) is 0 Å². The molecular formula is C11H19N3O3. The quantitative estimate of drug-likeness (QED) is 0.664. The van der Waals surface area contributed by atoms with Crippen LogP contribution in [0.5, 0.6) is 0 Å². The zero-order chi connectivity index (χ0) is 12.7. The lowest BCUT2D eigenvalue weighted by atomic mass is 9.96. The summed E-state index contributed by atoms with van der Waals surface area (Å²) in [7, 11) is 0. The van der Waals surface area contributed by atoms with Gasteiger partial charge < -0.3 is 11.1 Å². The Morgan fingerprint density at radius 3 is 2.29 bits per heavy atom. The van der Waals surface area contributed by atoms with Gasteiger partial charge in [-0.25, -0.2) is 4.79 Å². The predicted molar refractivity (Wildman–Crippen MR) is 62.0 cm³/mol. The van der Waals surface area contributed by atoms with E-state index in [1.807, 2.05) is 0 Å². The van der Waals surface area contributed by atoms with Crippen molar-refractivity contribution in [2.45, 2.75) is 51.0 Å². The van der Waals surface area contributed by atoms with Crippen molar-refractivity contribution in [3.05, 3.63) is 0 Å². The Balaban J connectivity index is 2.19. The van der Waals surface area contributed by atoms with Crippen LogP contribution < -0.4 is 16.4 Å². The Hall–Kier alpha value is -1.59. The molecule has 0 atom stereocenters. The number of hydrogen-bond acceptors (Lipinski definition) is 3. The fourth-order valence-electron chi connectivity index (χ4n) is 1.89. The van der Waals surface area contributed by atoms with Gasteiger partial charge in [0.25, 0.3) is 0 Å². The predicted octanol–water partition coefficient (Wildman–Crippen LogP) is 0.410. The lowest BCUT2D eigenvalue weighted by Gasteiger charge is -2.22. The summed E-state index contributed by atoms with van der Waals surface area (Å²) in [6.07, 6.45) is 5.26. The van der Waals surface area contributed by atoms with Gasteiger partial charge in [-0.15, -0.1) is 0 Å². The maximum atomic E-state index is 11.4. The van der Waals surface area contributed by atoms with E-state index in [1.165, 1.54) is 6.42 Å². The molecule has 96 valence electrons. The summed E-state index contributed by atoms with van der Waals surface area (Å²) < 4.78 is 0. The zero-order valence-corrected chi connectivity index (χ0v) is 9.83. The first-order chi connectivity index (χ1) is 8.08. The van der Waals surface area contributed by atoms with Crippen LogP contribution in [0.3, 0.4) is 0 Å². The van der Waals surface area contributed by atoms with Crippen molar-refractivity contribution in [3.63, 3.8) is 0 Å². The van der Waals surface area contributed by atoms with Gasteiger partial charge in [0.1, 0.15) is 0 Å². The molecule has 0 radical (unpaired) electrons. The normalized spacial score (nSPS) is 16.2. The Bertz CT molecular complexity index is 298. The van der Waals surface area contributed by atoms with E-state index in [0.717, 1.165) is 25.7 Å². The number of carbonyl (C=O) groups excluding carboxylic acids is 3. The molecule has 1 fully saturated rings. The Labute approximate surface area is 100 Å². The first-order valence-electron chi connectivity index (χ1n) is 5.96. The Kier molecular flexibility index (Phi) is 5.45. The Morgan fingerprint density at radius 1 is 1.06 bits per heavy atom. The number of nitrogens with one attached hydrogen (secondary N) is 2. The van der Waals surface area contributed by atoms with Crippen molar-refractivity contribution in [2.75, 3.05) is 0 Å². The molecule has 0 aromatic rings. The molecule has 4 N–H and O–H groups in total. The highest BCUT2D eigenvalue weighted by molar-refractivity contribution is 5.95. The minimum atomic E-state index is -0.548. The molecular weight excluding hydrogens is 222 g/mol. The minimum absolute atomic E-state index is 0.0391. The van der Waals surface area contributed by atoms with Crippen LogP contribution in [0.2, 0.25) is 0 Å². The zero-order valence-electron chi connectivity index (χ0n) is 9.83. The fraction of sp³-hybridized carbons (Fsp3) is 0.727. The molecule has 0 aliphatic heterocycles. The molecule has 0 aromatic heterocycles. The molecule has 0 bridgehead atoms. The van der Waals surface area contributed by atoms with Crippen molar-refractivity contribution in [3.8, 4) is 0 Å². The monoisotopic (exact) mass is 241 g/mol. The lowest BCUT2D eigenvalue weighted by molar-refractivity contribution is -0.124. The van der Waals surface area contributed by atoms with Crippen LogP contribution in [0.1, 0.15) is 44.9 Å². The third kappa shape index (κ3) is 5.89. The van der Waals surface area contributed by atoms with Crippen molar-refractivity contribution in [1.29, 1.82) is 0 Å². The third-order valence-corrected chi connectivity index (χ3v) is 2.79. The molecule has 0 aromatic carbocycles. The summed E-state index contributed by atoms with van der Waals surface area (Å²) in [4.78, 5) is 33.1. The number of hydrogen-bond donors (Lipinski definition) is 3. The van der Waals surface area contributed by atoms with Crippen molar-refractivity contribution in [2.24, 2.45) is 5.73 Å². The summed E-state index contributed by atoms with van der Waals surface area (Å²) in [5.74, 6) is -1.02. The second-order valence-electron chi connectivity index (χ2n) is 4.32. The van der Waals surface area contributed by atoms with E-state index >= 15 is 0 Å². The average Bonchev–Trinajstić information content (AvgIpc) is 2.27. The molecule has 0 spiro atoms. The molecule has 0 saturated heterocycles. The van der Waals surface area contributed by atoms with Gasteiger partial charge in [0.2, 0.25) is 11.8 Å². The van der Waals surface area contributed by atoms with Gasteiger partial charge in [-0.1, -0.05) is 19.3 Å². The van der Waals surface area contributed by atoms with Crippen molar-refractivity contribution >= 4 is 17.8 Å². The molecule has 17 heavy (non-hydrogen) atoms. The topological polar surface area (TPSA) is 101 Å². The first-order valence-corrected chi connectivity index (χ1v) is 5.96. The highest BCUT2D eigenvalue weighted by Crippen LogP contribution is 2.17. The second-order valence-corrected chi connectivity index (χ2v) is 4.32. The number of urea groups is 1. The van der Waals surface area contributed by atoms with Gasteiger partial charge in [-0.05, 0) is 12.8 Å². The lowest BCUT2D eigenvalue weighted by Crippen LogP contribution is -2.45. The van der Waals surface area contributed by atoms with E-state index in [9.17, 15) is 14.4 Å². The maximum Gasteiger partial charge on any atom is 0.321 e. The second kappa shape index (κ2) is 6.88. The van der Waals surface area contributed by atoms with E-state index < -0.39 is 17.8 Å². The summed E-state index contributed by atoms with van der Waals surface area (Å²) in [5.41, 5.74) is 4.90. The van der Waals surface area contributed by atoms with E-state index in [0.29, 0.717) is 0 Å². The van der Waals surface area contributed by atoms with Crippen LogP contribution in [-0.4, -0.2) is 23.9 Å². The molecule has 1 aliphatic rings. The number of imide groups is 1. The summed E-state index contributed by atoms with van der Waals surface area (Å²) in [5, 5.41) is 4.94. The number of nitrogens with two attached hydrogens (primary N) is 1. The van der Waals surface area contributed by atoms with Gasteiger partial charge in [-0.3, -0.25) is 14.9 Å². The molecule has 6 nitrogen and oxygen atoms in total. The van der Waals surface area contributed by atoms with E-state index in [4.69, 9.17) is 5.73 Å². The fourth-order valence-corrected chi connectivity index (χ4v) is 1.89. The Morgan fingerprint density at radius 2 is 1.71 bits per heavy atom. The summed E-state index contributed by atoms with van der Waals surface area (Å²) in [6.45, 7) is 0. The van der Waals surface area contributed by atoms with E-state index in [2.05, 4.69) is 10.6 Å². The number of carbonyl (C=O) groups is 3. The van der Waals surface area contributed by atoms with Crippen LogP contribution in [0, 0.1) is 0 Å². The van der Waals surface area contributed by atoms with Crippen molar-refractivity contribution < 1.29 is 14.4 Å². The van der Waals surface area contributed by atoms with E-state index in [1.54, 1.807) is 0 Å². The van der Waals surface area contributed by atoms with Crippen LogP contribution in [0.25, 0.3) is 0 Å². The van der Waals surface area contributed by atoms with Gasteiger partial charge in [-0.2, -0.15) is 0 Å². The van der Waals surface area contributed by atoms with Gasteiger partial charge in [0, 0.05) is 18.9 Å². The third-order valence-electron chi connectivity index (χ3n) is 2.79. The molecule has 0 heterocycles. The summed E-state index contributed by atoms with van der Waals surface area (Å²) >= 11 is 0. The highest BCUT2D eigenvalue weighted by atomic mass is 16.2. The molecule has 6 heteroatoms. The number of amides is 4. The minimum Gasteiger partial charge on any atom is -0.370 e. The van der Waals surface area contributed by atoms with E-state index in [-0.39, 0.29) is 18.9 Å². The first kappa shape index (κ1) is 13.5. The maximum absolute atomic E-state index is 11.4. The summed E-state index contributed by atoms with van der Waals surface area (Å²) in [6, 6.07) is -0.320. The van der Waals surface area contributed by atoms with Gasteiger partial charge >= 0.3 is 6.03 Å². The number of primary amides is 1. The molecule has 1 saturated carbocycles. The SMILES string of the molecule is NC(=O)CCC(=O)NC(=O)NC1CCCCC1.